The maximum Gasteiger partial charge on any atom is 0.0809 e. The van der Waals surface area contributed by atoms with Crippen LogP contribution in [-0.4, -0.2) is 0 Å². The second-order valence-corrected chi connectivity index (χ2v) is 6.47. The van der Waals surface area contributed by atoms with Crippen molar-refractivity contribution in [3.05, 3.63) is 53.9 Å². The van der Waals surface area contributed by atoms with Gasteiger partial charge in [0.1, 0.15) is 0 Å². The summed E-state index contributed by atoms with van der Waals surface area (Å²) in [5.74, 6) is 0.261. The Morgan fingerprint density at radius 2 is 1.20 bits per heavy atom. The summed E-state index contributed by atoms with van der Waals surface area (Å²) in [5, 5.41) is 1.32. The highest BCUT2D eigenvalue weighted by atomic mass is 35.5. The molecule has 7 heteroatoms. The summed E-state index contributed by atoms with van der Waals surface area (Å²) in [6.07, 6.45) is 0. The highest BCUT2D eigenvalue weighted by Gasteiger charge is 2.22. The van der Waals surface area contributed by atoms with E-state index in [1.165, 1.54) is 0 Å². The molecule has 0 aliphatic heterocycles. The van der Waals surface area contributed by atoms with Crippen LogP contribution in [-0.2, 0) is 5.88 Å². The van der Waals surface area contributed by atoms with Crippen molar-refractivity contribution in [2.75, 3.05) is 0 Å². The van der Waals surface area contributed by atoms with Crippen LogP contribution in [0.5, 0.6) is 0 Å². The number of alkyl halides is 1. The Balaban J connectivity index is 2.86. The molecule has 0 unspecified atom stereocenters. The Kier molecular flexibility index (Phi) is 5.64. The van der Waals surface area contributed by atoms with Gasteiger partial charge in [-0.05, 0) is 23.3 Å². The Morgan fingerprint density at radius 1 is 0.700 bits per heavy atom. The fourth-order valence-electron chi connectivity index (χ4n) is 1.74. The van der Waals surface area contributed by atoms with Crippen LogP contribution in [0.3, 0.4) is 0 Å². The quantitative estimate of drug-likeness (QED) is 0.268. The van der Waals surface area contributed by atoms with Crippen molar-refractivity contribution in [3.8, 4) is 11.1 Å². The molecule has 0 aliphatic carbocycles. The van der Waals surface area contributed by atoms with Crippen molar-refractivity contribution in [2.24, 2.45) is 0 Å². The van der Waals surface area contributed by atoms with E-state index >= 15 is 0 Å². The largest absolute Gasteiger partial charge is 0.122 e. The molecule has 0 saturated carbocycles. The first-order valence-corrected chi connectivity index (χ1v) is 8.05. The molecular weight excluding hydrogens is 404 g/mol. The normalized spacial score (nSPS) is 10.9. The van der Waals surface area contributed by atoms with Crippen molar-refractivity contribution >= 4 is 81.2 Å². The van der Waals surface area contributed by atoms with Crippen molar-refractivity contribution in [3.63, 3.8) is 0 Å². The average Bonchev–Trinajstić information content (AvgIpc) is 2.43. The molecule has 0 heterocycles. The van der Waals surface area contributed by atoms with E-state index in [9.17, 15) is 0 Å². The van der Waals surface area contributed by atoms with Crippen molar-refractivity contribution < 1.29 is 0 Å². The van der Waals surface area contributed by atoms with Crippen LogP contribution in [0.4, 0.5) is 0 Å². The van der Waals surface area contributed by atoms with Gasteiger partial charge in [-0.25, -0.2) is 0 Å². The van der Waals surface area contributed by atoms with Crippen molar-refractivity contribution in [2.45, 2.75) is 5.88 Å². The SMILES string of the molecule is ClCc1ccc(Cl)cc1-c1c(Cl)c(Cl)c(Cl)c(Cl)c1Cl. The van der Waals surface area contributed by atoms with Crippen molar-refractivity contribution in [1.82, 2.24) is 0 Å². The van der Waals surface area contributed by atoms with Gasteiger partial charge in [0.25, 0.3) is 0 Å². The lowest BCUT2D eigenvalue weighted by Crippen LogP contribution is -1.91. The molecule has 0 aliphatic rings. The third-order valence-corrected chi connectivity index (χ3v) is 5.49. The minimum atomic E-state index is 0.113. The van der Waals surface area contributed by atoms with E-state index < -0.39 is 0 Å². The van der Waals surface area contributed by atoms with Gasteiger partial charge in [-0.3, -0.25) is 0 Å². The Labute approximate surface area is 151 Å². The summed E-state index contributed by atoms with van der Waals surface area (Å²) in [7, 11) is 0. The van der Waals surface area contributed by atoms with Gasteiger partial charge in [-0.15, -0.1) is 11.6 Å². The van der Waals surface area contributed by atoms with E-state index in [-0.39, 0.29) is 31.0 Å². The van der Waals surface area contributed by atoms with Gasteiger partial charge in [-0.2, -0.15) is 0 Å². The second-order valence-electron chi connectivity index (χ2n) is 3.88. The van der Waals surface area contributed by atoms with Crippen LogP contribution in [0.25, 0.3) is 11.1 Å². The van der Waals surface area contributed by atoms with E-state index in [1.54, 1.807) is 18.2 Å². The zero-order valence-electron chi connectivity index (χ0n) is 9.58. The van der Waals surface area contributed by atoms with E-state index in [4.69, 9.17) is 81.2 Å². The first-order valence-electron chi connectivity index (χ1n) is 5.24. The van der Waals surface area contributed by atoms with E-state index in [1.807, 2.05) is 0 Å². The molecule has 0 spiro atoms. The van der Waals surface area contributed by atoms with E-state index in [2.05, 4.69) is 0 Å². The highest BCUT2D eigenvalue weighted by Crippen LogP contribution is 2.49. The summed E-state index contributed by atoms with van der Waals surface area (Å²) in [6, 6.07) is 5.21. The van der Waals surface area contributed by atoms with Crippen LogP contribution in [0.1, 0.15) is 5.56 Å². The zero-order chi connectivity index (χ0) is 15.0. The predicted molar refractivity (Wildman–Crippen MR) is 91.5 cm³/mol. The number of rotatable bonds is 2. The maximum absolute atomic E-state index is 6.25. The number of hydrogen-bond acceptors (Lipinski definition) is 0. The lowest BCUT2D eigenvalue weighted by Gasteiger charge is -2.15. The number of halogens is 7. The minimum absolute atomic E-state index is 0.113. The Bertz CT molecular complexity index is 650. The molecule has 20 heavy (non-hydrogen) atoms. The van der Waals surface area contributed by atoms with Crippen LogP contribution in [0.15, 0.2) is 18.2 Å². The summed E-state index contributed by atoms with van der Waals surface area (Å²) >= 11 is 42.6. The molecule has 0 nitrogen and oxygen atoms in total. The van der Waals surface area contributed by atoms with Gasteiger partial charge in [0.05, 0.1) is 25.1 Å². The molecule has 0 atom stereocenters. The van der Waals surface area contributed by atoms with Gasteiger partial charge in [0.15, 0.2) is 0 Å². The van der Waals surface area contributed by atoms with Crippen LogP contribution in [0, 0.1) is 0 Å². The summed E-state index contributed by atoms with van der Waals surface area (Å²) < 4.78 is 0. The highest BCUT2D eigenvalue weighted by molar-refractivity contribution is 6.56. The predicted octanol–water partition coefficient (Wildman–Crippen LogP) is 8.01. The monoisotopic (exact) mass is 406 g/mol. The molecule has 0 saturated heterocycles. The smallest absolute Gasteiger partial charge is 0.0809 e. The second kappa shape index (κ2) is 6.71. The average molecular weight is 409 g/mol. The fraction of sp³-hybridized carbons (Fsp3) is 0.0769. The molecule has 106 valence electrons. The molecule has 2 aromatic rings. The molecule has 0 aromatic heterocycles. The van der Waals surface area contributed by atoms with E-state index in [0.717, 1.165) is 5.56 Å². The molecule has 0 amide bonds. The van der Waals surface area contributed by atoms with E-state index in [0.29, 0.717) is 16.1 Å². The molecule has 2 rings (SSSR count). The fourth-order valence-corrected chi connectivity index (χ4v) is 3.49. The molecular formula is C13H5Cl7. The summed E-state index contributed by atoms with van der Waals surface area (Å²) in [4.78, 5) is 0. The zero-order valence-corrected chi connectivity index (χ0v) is 14.9. The standard InChI is InChI=1S/C13H5Cl7/c14-4-5-1-2-6(15)3-7(5)8-9(16)11(18)13(20)12(19)10(8)17/h1-3H,4H2. The van der Waals surface area contributed by atoms with Gasteiger partial charge < -0.3 is 0 Å². The number of benzene rings is 2. The molecule has 0 bridgehead atoms. The van der Waals surface area contributed by atoms with Gasteiger partial charge >= 0.3 is 0 Å². The lowest BCUT2D eigenvalue weighted by molar-refractivity contribution is 1.40. The lowest BCUT2D eigenvalue weighted by atomic mass is 10.0. The molecule has 2 aromatic carbocycles. The van der Waals surface area contributed by atoms with Gasteiger partial charge in [-0.1, -0.05) is 75.7 Å². The maximum atomic E-state index is 6.25. The topological polar surface area (TPSA) is 0 Å². The first-order chi connectivity index (χ1) is 9.38. The van der Waals surface area contributed by atoms with Gasteiger partial charge in [0, 0.05) is 16.5 Å². The number of hydrogen-bond donors (Lipinski definition) is 0. The summed E-state index contributed by atoms with van der Waals surface area (Å²) in [6.45, 7) is 0. The van der Waals surface area contributed by atoms with Crippen LogP contribution < -0.4 is 0 Å². The van der Waals surface area contributed by atoms with Crippen LogP contribution in [0.2, 0.25) is 30.1 Å². The third kappa shape index (κ3) is 2.98. The summed E-state index contributed by atoms with van der Waals surface area (Å²) in [5.41, 5.74) is 1.93. The molecule has 0 fully saturated rings. The third-order valence-electron chi connectivity index (χ3n) is 2.70. The van der Waals surface area contributed by atoms with Crippen molar-refractivity contribution in [1.29, 1.82) is 0 Å². The Hall–Kier alpha value is 0.470. The first kappa shape index (κ1) is 16.8. The molecule has 0 radical (unpaired) electrons. The van der Waals surface area contributed by atoms with Gasteiger partial charge in [0.2, 0.25) is 0 Å². The Morgan fingerprint density at radius 3 is 1.70 bits per heavy atom. The van der Waals surface area contributed by atoms with Crippen LogP contribution >= 0.6 is 81.2 Å². The minimum Gasteiger partial charge on any atom is -0.122 e. The molecule has 0 N–H and O–H groups in total.